The highest BCUT2D eigenvalue weighted by Gasteiger charge is 2.36. The molecule has 1 aromatic rings. The maximum atomic E-state index is 12.1. The number of rotatable bonds is 3. The van der Waals surface area contributed by atoms with Crippen molar-refractivity contribution in [3.8, 4) is 0 Å². The number of hydrazone groups is 1. The molecule has 1 unspecified atom stereocenters. The van der Waals surface area contributed by atoms with E-state index in [1.807, 2.05) is 0 Å². The van der Waals surface area contributed by atoms with Crippen molar-refractivity contribution in [3.63, 3.8) is 0 Å². The summed E-state index contributed by atoms with van der Waals surface area (Å²) in [6.07, 6.45) is 1.49. The topological polar surface area (TPSA) is 84.8 Å². The van der Waals surface area contributed by atoms with E-state index in [9.17, 15) is 9.59 Å². The van der Waals surface area contributed by atoms with E-state index in [-0.39, 0.29) is 12.3 Å². The molecule has 2 heterocycles. The third-order valence-electron chi connectivity index (χ3n) is 2.64. The largest absolute Gasteiger partial charge is 0.469 e. The molecule has 0 saturated heterocycles. The smallest absolute Gasteiger partial charge is 0.306 e. The molecule has 0 saturated carbocycles. The number of amides is 1. The summed E-state index contributed by atoms with van der Waals surface area (Å²) in [5.74, 6) is -0.976. The average Bonchev–Trinajstić information content (AvgIpc) is 2.67. The molecule has 7 nitrogen and oxygen atoms in total. The lowest BCUT2D eigenvalue weighted by molar-refractivity contribution is -0.142. The van der Waals surface area contributed by atoms with E-state index >= 15 is 0 Å². The zero-order valence-corrected chi connectivity index (χ0v) is 10.0. The minimum atomic E-state index is -0.584. The van der Waals surface area contributed by atoms with Crippen LogP contribution in [-0.4, -0.2) is 34.9 Å². The number of carbonyl (C=O) groups excluding carboxylic acids is 2. The third kappa shape index (κ3) is 2.20. The van der Waals surface area contributed by atoms with Crippen LogP contribution >= 0.6 is 0 Å². The second-order valence-electron chi connectivity index (χ2n) is 3.81. The Labute approximate surface area is 103 Å². The third-order valence-corrected chi connectivity index (χ3v) is 2.64. The number of aromatic nitrogens is 2. The molecule has 0 N–H and O–H groups in total. The van der Waals surface area contributed by atoms with Gasteiger partial charge in [-0.2, -0.15) is 15.2 Å². The van der Waals surface area contributed by atoms with E-state index in [4.69, 9.17) is 0 Å². The Morgan fingerprint density at radius 2 is 2.33 bits per heavy atom. The molecular formula is C11H12N4O3. The normalized spacial score (nSPS) is 18.8. The van der Waals surface area contributed by atoms with Crippen LogP contribution in [0.2, 0.25) is 0 Å². The summed E-state index contributed by atoms with van der Waals surface area (Å²) < 4.78 is 4.56. The fourth-order valence-electron chi connectivity index (χ4n) is 1.66. The first kappa shape index (κ1) is 12.2. The van der Waals surface area contributed by atoms with Gasteiger partial charge in [-0.15, -0.1) is 5.10 Å². The zero-order chi connectivity index (χ0) is 13.1. The Bertz CT molecular complexity index is 500. The summed E-state index contributed by atoms with van der Waals surface area (Å²) in [6.45, 7) is 1.70. The van der Waals surface area contributed by atoms with E-state index in [0.717, 1.165) is 5.01 Å². The molecule has 0 aromatic carbocycles. The van der Waals surface area contributed by atoms with Gasteiger partial charge in [-0.05, 0) is 19.1 Å². The Morgan fingerprint density at radius 1 is 1.56 bits per heavy atom. The Kier molecular flexibility index (Phi) is 3.31. The quantitative estimate of drug-likeness (QED) is 0.722. The van der Waals surface area contributed by atoms with Gasteiger partial charge in [0.05, 0.1) is 19.4 Å². The molecule has 1 aliphatic rings. The number of anilines is 1. The van der Waals surface area contributed by atoms with Crippen LogP contribution in [0.5, 0.6) is 0 Å². The number of hydrogen-bond acceptors (Lipinski definition) is 6. The summed E-state index contributed by atoms with van der Waals surface area (Å²) in [4.78, 5) is 23.3. The minimum absolute atomic E-state index is 0.0125. The van der Waals surface area contributed by atoms with Gasteiger partial charge in [-0.25, -0.2) is 0 Å². The summed E-state index contributed by atoms with van der Waals surface area (Å²) in [7, 11) is 1.29. The Balaban J connectivity index is 2.19. The zero-order valence-electron chi connectivity index (χ0n) is 10.0. The number of ether oxygens (including phenoxy) is 1. The summed E-state index contributed by atoms with van der Waals surface area (Å²) in [6, 6.07) is 3.29. The highest BCUT2D eigenvalue weighted by Crippen LogP contribution is 2.23. The van der Waals surface area contributed by atoms with Crippen LogP contribution in [0.3, 0.4) is 0 Å². The molecule has 1 atom stereocenters. The van der Waals surface area contributed by atoms with Gasteiger partial charge >= 0.3 is 5.97 Å². The van der Waals surface area contributed by atoms with Crippen LogP contribution in [0.25, 0.3) is 0 Å². The second-order valence-corrected chi connectivity index (χ2v) is 3.81. The van der Waals surface area contributed by atoms with E-state index in [2.05, 4.69) is 20.0 Å². The van der Waals surface area contributed by atoms with Crippen molar-refractivity contribution in [1.29, 1.82) is 0 Å². The predicted molar refractivity (Wildman–Crippen MR) is 62.8 cm³/mol. The molecular weight excluding hydrogens is 236 g/mol. The predicted octanol–water partition coefficient (Wildman–Crippen LogP) is 0.378. The maximum Gasteiger partial charge on any atom is 0.306 e. The van der Waals surface area contributed by atoms with Crippen LogP contribution in [0, 0.1) is 5.92 Å². The van der Waals surface area contributed by atoms with E-state index in [1.165, 1.54) is 13.3 Å². The van der Waals surface area contributed by atoms with Crippen LogP contribution in [0.15, 0.2) is 23.4 Å². The van der Waals surface area contributed by atoms with Crippen LogP contribution in [0.1, 0.15) is 13.3 Å². The van der Waals surface area contributed by atoms with E-state index in [0.29, 0.717) is 11.5 Å². The first-order valence-electron chi connectivity index (χ1n) is 5.37. The van der Waals surface area contributed by atoms with Crippen LogP contribution in [0.4, 0.5) is 5.82 Å². The molecule has 1 aliphatic heterocycles. The monoisotopic (exact) mass is 248 g/mol. The molecule has 2 rings (SSSR count). The van der Waals surface area contributed by atoms with Crippen molar-refractivity contribution < 1.29 is 14.3 Å². The van der Waals surface area contributed by atoms with Crippen molar-refractivity contribution in [2.45, 2.75) is 13.3 Å². The van der Waals surface area contributed by atoms with Crippen molar-refractivity contribution >= 4 is 23.4 Å². The summed E-state index contributed by atoms with van der Waals surface area (Å²) >= 11 is 0. The fourth-order valence-corrected chi connectivity index (χ4v) is 1.66. The lowest BCUT2D eigenvalue weighted by Crippen LogP contribution is -2.29. The maximum absolute atomic E-state index is 12.1. The Hall–Kier alpha value is -2.31. The van der Waals surface area contributed by atoms with Gasteiger partial charge in [0.2, 0.25) is 0 Å². The molecule has 94 valence electrons. The molecule has 7 heteroatoms. The lowest BCUT2D eigenvalue weighted by Gasteiger charge is -2.11. The first-order valence-corrected chi connectivity index (χ1v) is 5.37. The van der Waals surface area contributed by atoms with Crippen LogP contribution < -0.4 is 5.01 Å². The van der Waals surface area contributed by atoms with E-state index < -0.39 is 11.9 Å². The molecule has 18 heavy (non-hydrogen) atoms. The molecule has 0 bridgehead atoms. The summed E-state index contributed by atoms with van der Waals surface area (Å²) in [5, 5.41) is 12.8. The van der Waals surface area contributed by atoms with Crippen molar-refractivity contribution in [2.24, 2.45) is 11.0 Å². The number of esters is 1. The van der Waals surface area contributed by atoms with E-state index in [1.54, 1.807) is 19.1 Å². The fraction of sp³-hybridized carbons (Fsp3) is 0.364. The standard InChI is InChI=1S/C11H12N4O3/c1-7-8(6-10(16)18-2)11(17)15(14-7)9-4-3-5-12-13-9/h3-5,8H,6H2,1-2H3. The van der Waals surface area contributed by atoms with Crippen molar-refractivity contribution in [1.82, 2.24) is 10.2 Å². The van der Waals surface area contributed by atoms with Gasteiger partial charge in [0.15, 0.2) is 5.82 Å². The number of hydrogen-bond donors (Lipinski definition) is 0. The van der Waals surface area contributed by atoms with Gasteiger partial charge in [-0.1, -0.05) is 0 Å². The second kappa shape index (κ2) is 4.91. The van der Waals surface area contributed by atoms with Gasteiger partial charge in [0.25, 0.3) is 5.91 Å². The lowest BCUT2D eigenvalue weighted by atomic mass is 10.0. The number of carbonyl (C=O) groups is 2. The number of nitrogens with zero attached hydrogens (tertiary/aromatic N) is 4. The Morgan fingerprint density at radius 3 is 2.94 bits per heavy atom. The average molecular weight is 248 g/mol. The van der Waals surface area contributed by atoms with Crippen molar-refractivity contribution in [3.05, 3.63) is 18.3 Å². The SMILES string of the molecule is COC(=O)CC1C(=O)N(c2cccnn2)N=C1C. The van der Waals surface area contributed by atoms with Crippen molar-refractivity contribution in [2.75, 3.05) is 12.1 Å². The molecule has 0 fully saturated rings. The highest BCUT2D eigenvalue weighted by molar-refractivity contribution is 6.15. The molecule has 0 spiro atoms. The van der Waals surface area contributed by atoms with Gasteiger partial charge in [-0.3, -0.25) is 9.59 Å². The highest BCUT2D eigenvalue weighted by atomic mass is 16.5. The molecule has 0 radical (unpaired) electrons. The summed E-state index contributed by atoms with van der Waals surface area (Å²) in [5.41, 5.74) is 0.566. The van der Waals surface area contributed by atoms with Gasteiger partial charge < -0.3 is 4.74 Å². The first-order chi connectivity index (χ1) is 8.63. The number of methoxy groups -OCH3 is 1. The molecule has 1 aromatic heterocycles. The molecule has 1 amide bonds. The minimum Gasteiger partial charge on any atom is -0.469 e. The van der Waals surface area contributed by atoms with Crippen LogP contribution in [-0.2, 0) is 14.3 Å². The van der Waals surface area contributed by atoms with Gasteiger partial charge in [0, 0.05) is 11.9 Å². The molecule has 0 aliphatic carbocycles. The van der Waals surface area contributed by atoms with Gasteiger partial charge in [0.1, 0.15) is 0 Å².